The number of carboxylic acid groups (broad SMARTS) is 1. The maximum Gasteiger partial charge on any atom is 0.326 e. The minimum Gasteiger partial charge on any atom is -0.480 e. The van der Waals surface area contributed by atoms with E-state index in [1.165, 1.54) is 12.5 Å². The summed E-state index contributed by atoms with van der Waals surface area (Å²) in [5.74, 6) is -5.80. The highest BCUT2D eigenvalue weighted by atomic mass is 16.4. The average molecular weight is 497 g/mol. The van der Waals surface area contributed by atoms with Crippen LogP contribution >= 0.6 is 0 Å². The molecule has 0 bridgehead atoms. The van der Waals surface area contributed by atoms with Crippen molar-refractivity contribution < 1.29 is 33.9 Å². The molecule has 1 aromatic heterocycles. The molecule has 15 heteroatoms. The van der Waals surface area contributed by atoms with Crippen molar-refractivity contribution in [2.24, 2.45) is 23.1 Å². The number of nitrogens with zero attached hydrogens (tertiary/aromatic N) is 1. The molecule has 1 heterocycles. The third-order valence-electron chi connectivity index (χ3n) is 4.73. The van der Waals surface area contributed by atoms with Crippen LogP contribution in [0.5, 0.6) is 0 Å². The van der Waals surface area contributed by atoms with E-state index in [-0.39, 0.29) is 18.8 Å². The molecule has 4 unspecified atom stereocenters. The second-order valence-corrected chi connectivity index (χ2v) is 8.38. The number of primary amides is 2. The van der Waals surface area contributed by atoms with E-state index in [1.54, 1.807) is 13.8 Å². The zero-order valence-corrected chi connectivity index (χ0v) is 19.4. The van der Waals surface area contributed by atoms with E-state index < -0.39 is 72.5 Å². The number of amides is 5. The molecule has 0 saturated heterocycles. The number of aromatic amines is 1. The Labute approximate surface area is 200 Å². The van der Waals surface area contributed by atoms with Gasteiger partial charge in [0.05, 0.1) is 25.2 Å². The highest BCUT2D eigenvalue weighted by Gasteiger charge is 2.32. The number of rotatable bonds is 15. The van der Waals surface area contributed by atoms with Crippen LogP contribution in [0, 0.1) is 5.92 Å². The smallest absolute Gasteiger partial charge is 0.326 e. The first-order chi connectivity index (χ1) is 16.3. The summed E-state index contributed by atoms with van der Waals surface area (Å²) in [6.45, 7) is 3.57. The number of nitrogens with one attached hydrogen (secondary N) is 4. The number of nitrogens with two attached hydrogens (primary N) is 3. The van der Waals surface area contributed by atoms with Gasteiger partial charge in [-0.2, -0.15) is 0 Å². The summed E-state index contributed by atoms with van der Waals surface area (Å²) in [4.78, 5) is 78.7. The Balaban J connectivity index is 3.08. The van der Waals surface area contributed by atoms with Crippen LogP contribution < -0.4 is 33.2 Å². The van der Waals surface area contributed by atoms with Crippen molar-refractivity contribution in [1.82, 2.24) is 25.9 Å². The minimum atomic E-state index is -1.53. The zero-order valence-electron chi connectivity index (χ0n) is 19.4. The first-order valence-corrected chi connectivity index (χ1v) is 10.7. The van der Waals surface area contributed by atoms with Gasteiger partial charge in [0.2, 0.25) is 29.5 Å². The summed E-state index contributed by atoms with van der Waals surface area (Å²) in [6, 6.07) is -5.42. The van der Waals surface area contributed by atoms with Gasteiger partial charge in [0.25, 0.3) is 0 Å². The summed E-state index contributed by atoms with van der Waals surface area (Å²) in [7, 11) is 0. The number of hydrogen-bond acceptors (Lipinski definition) is 8. The predicted molar refractivity (Wildman–Crippen MR) is 121 cm³/mol. The van der Waals surface area contributed by atoms with Crippen LogP contribution in [-0.4, -0.2) is 74.7 Å². The Morgan fingerprint density at radius 2 is 1.46 bits per heavy atom. The molecule has 35 heavy (non-hydrogen) atoms. The Hall–Kier alpha value is -4.01. The Kier molecular flexibility index (Phi) is 11.3. The molecular weight excluding hydrogens is 464 g/mol. The number of hydrogen-bond donors (Lipinski definition) is 8. The molecule has 11 N–H and O–H groups in total. The lowest BCUT2D eigenvalue weighted by atomic mass is 10.0. The predicted octanol–water partition coefficient (Wildman–Crippen LogP) is -3.38. The molecule has 1 rings (SSSR count). The van der Waals surface area contributed by atoms with E-state index in [2.05, 4.69) is 25.9 Å². The van der Waals surface area contributed by atoms with Crippen molar-refractivity contribution in [3.05, 3.63) is 18.2 Å². The molecule has 4 atom stereocenters. The highest BCUT2D eigenvalue weighted by Crippen LogP contribution is 2.07. The average Bonchev–Trinajstić information content (AvgIpc) is 3.24. The van der Waals surface area contributed by atoms with Crippen molar-refractivity contribution in [1.29, 1.82) is 0 Å². The van der Waals surface area contributed by atoms with Crippen LogP contribution in [0.25, 0.3) is 0 Å². The van der Waals surface area contributed by atoms with Crippen LogP contribution in [0.4, 0.5) is 0 Å². The van der Waals surface area contributed by atoms with E-state index in [9.17, 15) is 33.9 Å². The number of aliphatic carboxylic acids is 1. The van der Waals surface area contributed by atoms with Crippen molar-refractivity contribution >= 4 is 35.5 Å². The molecule has 1 aromatic rings. The van der Waals surface area contributed by atoms with Crippen molar-refractivity contribution in [2.45, 2.75) is 63.7 Å². The third-order valence-corrected chi connectivity index (χ3v) is 4.73. The molecule has 15 nitrogen and oxygen atoms in total. The normalized spacial score (nSPS) is 14.3. The molecule has 0 aromatic carbocycles. The van der Waals surface area contributed by atoms with Gasteiger partial charge in [-0.25, -0.2) is 9.78 Å². The van der Waals surface area contributed by atoms with Crippen LogP contribution in [0.3, 0.4) is 0 Å². The highest BCUT2D eigenvalue weighted by molar-refractivity contribution is 5.96. The van der Waals surface area contributed by atoms with Crippen LogP contribution in [0.2, 0.25) is 0 Å². The molecule has 194 valence electrons. The SMILES string of the molecule is CC(C)CC(NC(=O)C(Cc1cnc[nH]1)NC(=O)C(CC(N)=O)NC(=O)C(N)CC(N)=O)C(=O)O. The Morgan fingerprint density at radius 1 is 0.914 bits per heavy atom. The van der Waals surface area contributed by atoms with Gasteiger partial charge in [-0.1, -0.05) is 13.8 Å². The van der Waals surface area contributed by atoms with E-state index in [0.29, 0.717) is 5.69 Å². The molecule has 0 saturated carbocycles. The minimum absolute atomic E-state index is 0.0446. The van der Waals surface area contributed by atoms with Gasteiger partial charge in [0, 0.05) is 18.3 Å². The van der Waals surface area contributed by atoms with Gasteiger partial charge >= 0.3 is 5.97 Å². The summed E-state index contributed by atoms with van der Waals surface area (Å²) < 4.78 is 0. The van der Waals surface area contributed by atoms with Crippen LogP contribution in [0.1, 0.15) is 38.8 Å². The van der Waals surface area contributed by atoms with Crippen molar-refractivity contribution in [2.75, 3.05) is 0 Å². The number of imidazole rings is 1. The van der Waals surface area contributed by atoms with E-state index in [4.69, 9.17) is 17.2 Å². The number of H-pyrrole nitrogens is 1. The molecule has 0 aliphatic carbocycles. The molecular formula is C20H32N8O7. The quantitative estimate of drug-likeness (QED) is 0.120. The topological polar surface area (TPSA) is 265 Å². The number of carbonyl (C=O) groups excluding carboxylic acids is 5. The molecule has 0 aliphatic heterocycles. The van der Waals surface area contributed by atoms with E-state index in [1.807, 2.05) is 0 Å². The molecule has 0 fully saturated rings. The maximum absolute atomic E-state index is 12.9. The van der Waals surface area contributed by atoms with Gasteiger partial charge in [0.15, 0.2) is 0 Å². The largest absolute Gasteiger partial charge is 0.480 e. The molecule has 0 aliphatic rings. The second-order valence-electron chi connectivity index (χ2n) is 8.38. The first kappa shape index (κ1) is 29.0. The molecule has 5 amide bonds. The van der Waals surface area contributed by atoms with Crippen molar-refractivity contribution in [3.8, 4) is 0 Å². The maximum atomic E-state index is 12.9. The Bertz CT molecular complexity index is 919. The number of carboxylic acids is 1. The van der Waals surface area contributed by atoms with Crippen LogP contribution in [-0.2, 0) is 35.2 Å². The van der Waals surface area contributed by atoms with Gasteiger partial charge < -0.3 is 43.2 Å². The fourth-order valence-electron chi connectivity index (χ4n) is 3.06. The van der Waals surface area contributed by atoms with Crippen molar-refractivity contribution in [3.63, 3.8) is 0 Å². The summed E-state index contributed by atoms with van der Waals surface area (Å²) >= 11 is 0. The monoisotopic (exact) mass is 496 g/mol. The first-order valence-electron chi connectivity index (χ1n) is 10.7. The summed E-state index contributed by atoms with van der Waals surface area (Å²) in [5.41, 5.74) is 16.2. The van der Waals surface area contributed by atoms with Gasteiger partial charge in [-0.05, 0) is 12.3 Å². The summed E-state index contributed by atoms with van der Waals surface area (Å²) in [5, 5.41) is 16.4. The fourth-order valence-corrected chi connectivity index (χ4v) is 3.06. The fraction of sp³-hybridized carbons (Fsp3) is 0.550. The van der Waals surface area contributed by atoms with Crippen LogP contribution in [0.15, 0.2) is 12.5 Å². The lowest BCUT2D eigenvalue weighted by Crippen LogP contribution is -2.58. The van der Waals surface area contributed by atoms with E-state index >= 15 is 0 Å². The molecule has 0 spiro atoms. The standard InChI is InChI=1S/C20H32N8O7/c1-9(2)3-14(20(34)35)28-18(32)12(4-10-7-24-8-25-10)27-19(33)13(6-16(23)30)26-17(31)11(21)5-15(22)29/h7-9,11-14H,3-6,21H2,1-2H3,(H2,22,29)(H2,23,30)(H,24,25)(H,26,31)(H,27,33)(H,28,32)(H,34,35). The Morgan fingerprint density at radius 3 is 1.94 bits per heavy atom. The number of aromatic nitrogens is 2. The summed E-state index contributed by atoms with van der Waals surface area (Å²) in [6.07, 6.45) is 1.65. The second kappa shape index (κ2) is 13.6. The van der Waals surface area contributed by atoms with Gasteiger partial charge in [-0.3, -0.25) is 24.0 Å². The lowest BCUT2D eigenvalue weighted by molar-refractivity contribution is -0.143. The zero-order chi connectivity index (χ0) is 26.7. The van der Waals surface area contributed by atoms with Gasteiger partial charge in [0.1, 0.15) is 18.1 Å². The number of carbonyl (C=O) groups is 6. The molecule has 0 radical (unpaired) electrons. The lowest BCUT2D eigenvalue weighted by Gasteiger charge is -2.25. The third kappa shape index (κ3) is 10.6. The van der Waals surface area contributed by atoms with Gasteiger partial charge in [-0.15, -0.1) is 0 Å². The van der Waals surface area contributed by atoms with E-state index in [0.717, 1.165) is 0 Å².